The minimum Gasteiger partial charge on any atom is -0.392 e. The summed E-state index contributed by atoms with van der Waals surface area (Å²) in [5, 5.41) is 9.64. The fourth-order valence-corrected chi connectivity index (χ4v) is 1.22. The second kappa shape index (κ2) is 3.24. The zero-order valence-corrected chi connectivity index (χ0v) is 7.44. The SMILES string of the molecule is Cc1ccc(CO)c(C)c1Cl. The third kappa shape index (κ3) is 1.55. The Morgan fingerprint density at radius 2 is 2.00 bits per heavy atom. The molecular formula is C9H11ClO. The van der Waals surface area contributed by atoms with Crippen LogP contribution in [0.2, 0.25) is 5.02 Å². The average Bonchev–Trinajstić information content (AvgIpc) is 2.01. The van der Waals surface area contributed by atoms with Gasteiger partial charge in [0.1, 0.15) is 0 Å². The van der Waals surface area contributed by atoms with Crippen molar-refractivity contribution in [1.82, 2.24) is 0 Å². The number of hydrogen-bond acceptors (Lipinski definition) is 1. The first-order valence-corrected chi connectivity index (χ1v) is 3.90. The van der Waals surface area contributed by atoms with E-state index in [1.807, 2.05) is 26.0 Å². The van der Waals surface area contributed by atoms with Crippen LogP contribution < -0.4 is 0 Å². The van der Waals surface area contributed by atoms with Crippen molar-refractivity contribution in [2.75, 3.05) is 0 Å². The smallest absolute Gasteiger partial charge is 0.0684 e. The molecule has 0 saturated heterocycles. The van der Waals surface area contributed by atoms with E-state index < -0.39 is 0 Å². The van der Waals surface area contributed by atoms with Gasteiger partial charge in [-0.15, -0.1) is 0 Å². The standard InChI is InChI=1S/C9H11ClO/c1-6-3-4-8(5-11)7(2)9(6)10/h3-4,11H,5H2,1-2H3. The third-order valence-electron chi connectivity index (χ3n) is 1.86. The summed E-state index contributed by atoms with van der Waals surface area (Å²) in [6, 6.07) is 3.82. The summed E-state index contributed by atoms with van der Waals surface area (Å²) in [5.41, 5.74) is 2.94. The lowest BCUT2D eigenvalue weighted by Gasteiger charge is -2.06. The molecule has 0 heterocycles. The topological polar surface area (TPSA) is 20.2 Å². The highest BCUT2D eigenvalue weighted by Crippen LogP contribution is 2.22. The summed E-state index contributed by atoms with van der Waals surface area (Å²) in [5.74, 6) is 0. The van der Waals surface area contributed by atoms with E-state index >= 15 is 0 Å². The van der Waals surface area contributed by atoms with Gasteiger partial charge in [-0.2, -0.15) is 0 Å². The normalized spacial score (nSPS) is 10.2. The first-order chi connectivity index (χ1) is 5.16. The van der Waals surface area contributed by atoms with E-state index in [-0.39, 0.29) is 6.61 Å². The van der Waals surface area contributed by atoms with E-state index in [2.05, 4.69) is 0 Å². The maximum Gasteiger partial charge on any atom is 0.0684 e. The molecule has 0 aliphatic heterocycles. The van der Waals surface area contributed by atoms with Crippen molar-refractivity contribution in [3.8, 4) is 0 Å². The number of rotatable bonds is 1. The number of halogens is 1. The molecule has 1 aromatic rings. The maximum absolute atomic E-state index is 8.88. The predicted molar refractivity (Wildman–Crippen MR) is 46.8 cm³/mol. The molecule has 60 valence electrons. The predicted octanol–water partition coefficient (Wildman–Crippen LogP) is 2.45. The Morgan fingerprint density at radius 1 is 1.36 bits per heavy atom. The molecule has 0 bridgehead atoms. The molecule has 0 fully saturated rings. The highest BCUT2D eigenvalue weighted by molar-refractivity contribution is 6.32. The van der Waals surface area contributed by atoms with Gasteiger partial charge in [0.05, 0.1) is 6.61 Å². The molecule has 0 unspecified atom stereocenters. The first-order valence-electron chi connectivity index (χ1n) is 3.52. The molecule has 0 atom stereocenters. The Morgan fingerprint density at radius 3 is 2.55 bits per heavy atom. The summed E-state index contributed by atoms with van der Waals surface area (Å²) >= 11 is 5.95. The Hall–Kier alpha value is -0.530. The van der Waals surface area contributed by atoms with Crippen molar-refractivity contribution < 1.29 is 5.11 Å². The van der Waals surface area contributed by atoms with Crippen LogP contribution in [0.3, 0.4) is 0 Å². The minimum absolute atomic E-state index is 0.0613. The zero-order valence-electron chi connectivity index (χ0n) is 6.69. The van der Waals surface area contributed by atoms with E-state index in [1.165, 1.54) is 0 Å². The average molecular weight is 171 g/mol. The fourth-order valence-electron chi connectivity index (χ4n) is 1.03. The van der Waals surface area contributed by atoms with Crippen LogP contribution in [0.4, 0.5) is 0 Å². The molecule has 0 saturated carbocycles. The molecule has 1 nitrogen and oxygen atoms in total. The Kier molecular flexibility index (Phi) is 2.53. The molecule has 11 heavy (non-hydrogen) atoms. The van der Waals surface area contributed by atoms with Crippen molar-refractivity contribution in [2.45, 2.75) is 20.5 Å². The molecule has 0 amide bonds. The van der Waals surface area contributed by atoms with Gasteiger partial charge in [0, 0.05) is 5.02 Å². The second-order valence-electron chi connectivity index (χ2n) is 2.64. The second-order valence-corrected chi connectivity index (χ2v) is 3.02. The number of aliphatic hydroxyl groups excluding tert-OH is 1. The number of benzene rings is 1. The van der Waals surface area contributed by atoms with Crippen LogP contribution in [0, 0.1) is 13.8 Å². The Balaban J connectivity index is 3.25. The van der Waals surface area contributed by atoms with Crippen LogP contribution in [0.25, 0.3) is 0 Å². The van der Waals surface area contributed by atoms with Gasteiger partial charge in [-0.3, -0.25) is 0 Å². The summed E-state index contributed by atoms with van der Waals surface area (Å²) in [6.07, 6.45) is 0. The number of hydrogen-bond donors (Lipinski definition) is 1. The molecule has 0 aromatic heterocycles. The van der Waals surface area contributed by atoms with Gasteiger partial charge in [-0.25, -0.2) is 0 Å². The van der Waals surface area contributed by atoms with Crippen molar-refractivity contribution in [3.63, 3.8) is 0 Å². The Bertz CT molecular complexity index is 269. The molecule has 2 heteroatoms. The summed E-state index contributed by atoms with van der Waals surface area (Å²) in [6.45, 7) is 3.93. The summed E-state index contributed by atoms with van der Waals surface area (Å²) in [7, 11) is 0. The van der Waals surface area contributed by atoms with E-state index in [0.29, 0.717) is 0 Å². The number of aryl methyl sites for hydroxylation is 1. The quantitative estimate of drug-likeness (QED) is 0.687. The number of aliphatic hydroxyl groups is 1. The largest absolute Gasteiger partial charge is 0.392 e. The van der Waals surface area contributed by atoms with E-state index in [0.717, 1.165) is 21.7 Å². The molecule has 1 N–H and O–H groups in total. The maximum atomic E-state index is 8.88. The van der Waals surface area contributed by atoms with Crippen LogP contribution in [0.1, 0.15) is 16.7 Å². The summed E-state index contributed by atoms with van der Waals surface area (Å²) < 4.78 is 0. The lowest BCUT2D eigenvalue weighted by molar-refractivity contribution is 0.281. The van der Waals surface area contributed by atoms with Gasteiger partial charge < -0.3 is 5.11 Å². The Labute approximate surface area is 71.6 Å². The van der Waals surface area contributed by atoms with Crippen LogP contribution in [0.15, 0.2) is 12.1 Å². The third-order valence-corrected chi connectivity index (χ3v) is 2.44. The van der Waals surface area contributed by atoms with Crippen LogP contribution in [0.5, 0.6) is 0 Å². The molecule has 1 aromatic carbocycles. The van der Waals surface area contributed by atoms with Crippen molar-refractivity contribution in [1.29, 1.82) is 0 Å². The highest BCUT2D eigenvalue weighted by atomic mass is 35.5. The molecule has 1 rings (SSSR count). The van der Waals surface area contributed by atoms with E-state index in [1.54, 1.807) is 0 Å². The van der Waals surface area contributed by atoms with Crippen molar-refractivity contribution >= 4 is 11.6 Å². The first kappa shape index (κ1) is 8.57. The zero-order chi connectivity index (χ0) is 8.43. The lowest BCUT2D eigenvalue weighted by atomic mass is 10.1. The molecule has 0 aliphatic carbocycles. The minimum atomic E-state index is 0.0613. The van der Waals surface area contributed by atoms with E-state index in [4.69, 9.17) is 16.7 Å². The van der Waals surface area contributed by atoms with Crippen LogP contribution in [-0.2, 0) is 6.61 Å². The lowest BCUT2D eigenvalue weighted by Crippen LogP contribution is -1.90. The molecule has 0 radical (unpaired) electrons. The molecule has 0 aliphatic rings. The van der Waals surface area contributed by atoms with Crippen LogP contribution in [-0.4, -0.2) is 5.11 Å². The van der Waals surface area contributed by atoms with Crippen molar-refractivity contribution in [3.05, 3.63) is 33.8 Å². The van der Waals surface area contributed by atoms with Crippen LogP contribution >= 0.6 is 11.6 Å². The van der Waals surface area contributed by atoms with Gasteiger partial charge in [-0.05, 0) is 30.5 Å². The summed E-state index contributed by atoms with van der Waals surface area (Å²) in [4.78, 5) is 0. The van der Waals surface area contributed by atoms with Gasteiger partial charge in [-0.1, -0.05) is 23.7 Å². The van der Waals surface area contributed by atoms with Gasteiger partial charge >= 0.3 is 0 Å². The van der Waals surface area contributed by atoms with E-state index in [9.17, 15) is 0 Å². The fraction of sp³-hybridized carbons (Fsp3) is 0.333. The molecule has 0 spiro atoms. The van der Waals surface area contributed by atoms with Gasteiger partial charge in [0.25, 0.3) is 0 Å². The van der Waals surface area contributed by atoms with Gasteiger partial charge in [0.15, 0.2) is 0 Å². The monoisotopic (exact) mass is 170 g/mol. The molecular weight excluding hydrogens is 160 g/mol. The highest BCUT2D eigenvalue weighted by Gasteiger charge is 2.02. The van der Waals surface area contributed by atoms with Crippen molar-refractivity contribution in [2.24, 2.45) is 0 Å². The van der Waals surface area contributed by atoms with Gasteiger partial charge in [0.2, 0.25) is 0 Å².